The summed E-state index contributed by atoms with van der Waals surface area (Å²) in [6.45, 7) is 0.311. The number of fused-ring (bicyclic) bond motifs is 1. The van der Waals surface area contributed by atoms with E-state index in [1.807, 2.05) is 24.3 Å². The molecule has 2 N–H and O–H groups in total. The molecule has 0 aliphatic carbocycles. The van der Waals surface area contributed by atoms with Gasteiger partial charge in [0.2, 0.25) is 5.82 Å². The first-order valence-electron chi connectivity index (χ1n) is 6.67. The Bertz CT molecular complexity index is 935. The molecule has 23 heavy (non-hydrogen) atoms. The van der Waals surface area contributed by atoms with Crippen LogP contribution < -0.4 is 15.6 Å². The Morgan fingerprint density at radius 1 is 1.43 bits per heavy atom. The molecule has 0 unspecified atom stereocenters. The van der Waals surface area contributed by atoms with Gasteiger partial charge in [-0.05, 0) is 39.7 Å². The highest BCUT2D eigenvalue weighted by molar-refractivity contribution is 9.11. The van der Waals surface area contributed by atoms with Crippen molar-refractivity contribution in [1.82, 2.24) is 15.3 Å². The number of benzene rings is 1. The van der Waals surface area contributed by atoms with E-state index in [1.54, 1.807) is 13.2 Å². The molecule has 0 spiro atoms. The molecule has 0 saturated carbocycles. The third kappa shape index (κ3) is 3.43. The molecule has 0 saturated heterocycles. The van der Waals surface area contributed by atoms with Gasteiger partial charge in [-0.15, -0.1) is 11.3 Å². The molecule has 1 amide bonds. The zero-order chi connectivity index (χ0) is 16.4. The van der Waals surface area contributed by atoms with Gasteiger partial charge in [0.1, 0.15) is 10.6 Å². The number of methoxy groups -OCH3 is 1. The van der Waals surface area contributed by atoms with E-state index in [2.05, 4.69) is 31.2 Å². The van der Waals surface area contributed by atoms with Crippen molar-refractivity contribution in [2.75, 3.05) is 7.11 Å². The average Bonchev–Trinajstić information content (AvgIpc) is 2.93. The van der Waals surface area contributed by atoms with Gasteiger partial charge < -0.3 is 15.0 Å². The van der Waals surface area contributed by atoms with E-state index in [1.165, 1.54) is 11.3 Å². The van der Waals surface area contributed by atoms with Crippen LogP contribution >= 0.6 is 27.3 Å². The van der Waals surface area contributed by atoms with Crippen LogP contribution in [0.25, 0.3) is 10.2 Å². The van der Waals surface area contributed by atoms with Gasteiger partial charge in [-0.3, -0.25) is 9.59 Å². The van der Waals surface area contributed by atoms with Crippen molar-refractivity contribution in [2.24, 2.45) is 0 Å². The third-order valence-electron chi connectivity index (χ3n) is 3.17. The smallest absolute Gasteiger partial charge is 0.287 e. The number of hydrogen-bond acceptors (Lipinski definition) is 5. The van der Waals surface area contributed by atoms with E-state index < -0.39 is 5.91 Å². The topological polar surface area (TPSA) is 84.1 Å². The Labute approximate surface area is 143 Å². The standard InChI is InChI=1S/C15H12BrN3O3S/c1-22-9-4-2-3-8(5-9)7-17-14(21)12-18-13(20)10-6-11(16)23-15(10)19-12/h2-6H,7H2,1H3,(H,17,21)(H,18,19,20). The molecule has 0 fully saturated rings. The van der Waals surface area contributed by atoms with E-state index in [-0.39, 0.29) is 11.4 Å². The minimum Gasteiger partial charge on any atom is -0.497 e. The SMILES string of the molecule is COc1cccc(CNC(=O)c2nc3sc(Br)cc3c(=O)[nH]2)c1. The summed E-state index contributed by atoms with van der Waals surface area (Å²) in [4.78, 5) is 31.4. The number of halogens is 1. The Hall–Kier alpha value is -2.19. The maximum atomic E-state index is 12.2. The van der Waals surface area contributed by atoms with Crippen LogP contribution in [0, 0.1) is 0 Å². The summed E-state index contributed by atoms with van der Waals surface area (Å²) in [7, 11) is 1.58. The summed E-state index contributed by atoms with van der Waals surface area (Å²) < 4.78 is 5.93. The largest absolute Gasteiger partial charge is 0.497 e. The molecule has 1 aromatic carbocycles. The van der Waals surface area contributed by atoms with E-state index >= 15 is 0 Å². The summed E-state index contributed by atoms with van der Waals surface area (Å²) in [5.41, 5.74) is 0.559. The normalized spacial score (nSPS) is 10.7. The second-order valence-corrected chi connectivity index (χ2v) is 7.13. The second-order valence-electron chi connectivity index (χ2n) is 4.72. The first-order chi connectivity index (χ1) is 11.1. The molecule has 0 bridgehead atoms. The average molecular weight is 394 g/mol. The summed E-state index contributed by atoms with van der Waals surface area (Å²) in [5, 5.41) is 3.20. The molecular weight excluding hydrogens is 382 g/mol. The lowest BCUT2D eigenvalue weighted by molar-refractivity contribution is 0.0940. The molecule has 3 rings (SSSR count). The number of carbonyl (C=O) groups excluding carboxylic acids is 1. The first kappa shape index (κ1) is 15.7. The number of rotatable bonds is 4. The first-order valence-corrected chi connectivity index (χ1v) is 8.28. The highest BCUT2D eigenvalue weighted by Crippen LogP contribution is 2.25. The van der Waals surface area contributed by atoms with Crippen molar-refractivity contribution in [3.05, 3.63) is 55.9 Å². The van der Waals surface area contributed by atoms with E-state index in [4.69, 9.17) is 4.74 Å². The van der Waals surface area contributed by atoms with Crippen molar-refractivity contribution in [3.63, 3.8) is 0 Å². The van der Waals surface area contributed by atoms with E-state index in [0.717, 1.165) is 9.35 Å². The fourth-order valence-corrected chi connectivity index (χ4v) is 3.51. The number of ether oxygens (including phenoxy) is 1. The molecule has 3 aromatic rings. The highest BCUT2D eigenvalue weighted by Gasteiger charge is 2.13. The maximum Gasteiger partial charge on any atom is 0.287 e. The van der Waals surface area contributed by atoms with Gasteiger partial charge in [0.05, 0.1) is 16.3 Å². The summed E-state index contributed by atoms with van der Waals surface area (Å²) in [6, 6.07) is 9.06. The van der Waals surface area contributed by atoms with Gasteiger partial charge in [-0.2, -0.15) is 0 Å². The summed E-state index contributed by atoms with van der Waals surface area (Å²) >= 11 is 4.61. The zero-order valence-corrected chi connectivity index (χ0v) is 14.5. The molecule has 118 valence electrons. The van der Waals surface area contributed by atoms with Gasteiger partial charge in [0, 0.05) is 6.54 Å². The van der Waals surface area contributed by atoms with Gasteiger partial charge in [-0.25, -0.2) is 4.98 Å². The molecule has 0 radical (unpaired) electrons. The van der Waals surface area contributed by atoms with E-state index in [9.17, 15) is 9.59 Å². The number of thiophene rings is 1. The molecule has 2 aromatic heterocycles. The third-order valence-corrected chi connectivity index (χ3v) is 4.71. The summed E-state index contributed by atoms with van der Waals surface area (Å²) in [5.74, 6) is 0.282. The number of aromatic amines is 1. The van der Waals surface area contributed by atoms with Crippen LogP contribution in [0.15, 0.2) is 38.9 Å². The van der Waals surface area contributed by atoms with Crippen LogP contribution in [-0.2, 0) is 6.54 Å². The van der Waals surface area contributed by atoms with Gasteiger partial charge >= 0.3 is 0 Å². The van der Waals surface area contributed by atoms with Crippen LogP contribution in [0.2, 0.25) is 0 Å². The minimum atomic E-state index is -0.434. The molecule has 0 aliphatic heterocycles. The molecule has 2 heterocycles. The van der Waals surface area contributed by atoms with Crippen molar-refractivity contribution in [2.45, 2.75) is 6.54 Å². The molecule has 0 aliphatic rings. The predicted molar refractivity (Wildman–Crippen MR) is 92.1 cm³/mol. The van der Waals surface area contributed by atoms with Gasteiger partial charge in [-0.1, -0.05) is 12.1 Å². The fourth-order valence-electron chi connectivity index (χ4n) is 2.06. The lowest BCUT2D eigenvalue weighted by atomic mass is 10.2. The van der Waals surface area contributed by atoms with Crippen molar-refractivity contribution < 1.29 is 9.53 Å². The number of amides is 1. The molecular formula is C15H12BrN3O3S. The number of H-pyrrole nitrogens is 1. The minimum absolute atomic E-state index is 0.000235. The number of carbonyl (C=O) groups is 1. The highest BCUT2D eigenvalue weighted by atomic mass is 79.9. The van der Waals surface area contributed by atoms with Crippen LogP contribution in [0.4, 0.5) is 0 Å². The van der Waals surface area contributed by atoms with E-state index in [0.29, 0.717) is 22.5 Å². The fraction of sp³-hybridized carbons (Fsp3) is 0.133. The van der Waals surface area contributed by atoms with Crippen molar-refractivity contribution >= 4 is 43.4 Å². The Morgan fingerprint density at radius 3 is 3.04 bits per heavy atom. The van der Waals surface area contributed by atoms with Crippen LogP contribution in [0.5, 0.6) is 5.75 Å². The number of aromatic nitrogens is 2. The Kier molecular flexibility index (Phi) is 4.44. The van der Waals surface area contributed by atoms with Crippen molar-refractivity contribution in [3.8, 4) is 5.75 Å². The van der Waals surface area contributed by atoms with Gasteiger partial charge in [0.25, 0.3) is 11.5 Å². The van der Waals surface area contributed by atoms with Crippen molar-refractivity contribution in [1.29, 1.82) is 0 Å². The monoisotopic (exact) mass is 393 g/mol. The Morgan fingerprint density at radius 2 is 2.26 bits per heavy atom. The summed E-state index contributed by atoms with van der Waals surface area (Å²) in [6.07, 6.45) is 0. The molecule has 8 heteroatoms. The van der Waals surface area contributed by atoms with Gasteiger partial charge in [0.15, 0.2) is 0 Å². The number of nitrogens with one attached hydrogen (secondary N) is 2. The lowest BCUT2D eigenvalue weighted by Gasteiger charge is -2.06. The molecule has 0 atom stereocenters. The van der Waals surface area contributed by atoms with Crippen LogP contribution in [0.1, 0.15) is 16.2 Å². The number of nitrogens with zero attached hydrogens (tertiary/aromatic N) is 1. The predicted octanol–water partition coefficient (Wildman–Crippen LogP) is 2.69. The number of hydrogen-bond donors (Lipinski definition) is 2. The second kappa shape index (κ2) is 6.51. The Balaban J connectivity index is 1.79. The van der Waals surface area contributed by atoms with Crippen LogP contribution in [-0.4, -0.2) is 23.0 Å². The zero-order valence-electron chi connectivity index (χ0n) is 12.1. The maximum absolute atomic E-state index is 12.2. The molecule has 6 nitrogen and oxygen atoms in total. The quantitative estimate of drug-likeness (QED) is 0.713. The lowest BCUT2D eigenvalue weighted by Crippen LogP contribution is -2.27. The van der Waals surface area contributed by atoms with Crippen LogP contribution in [0.3, 0.4) is 0 Å².